The molecule has 1 fully saturated rings. The van der Waals surface area contributed by atoms with Gasteiger partial charge in [0.15, 0.2) is 0 Å². The Morgan fingerprint density at radius 3 is 2.54 bits per heavy atom. The predicted octanol–water partition coefficient (Wildman–Crippen LogP) is 2.92. The van der Waals surface area contributed by atoms with Crippen LogP contribution < -0.4 is 15.4 Å². The second kappa shape index (κ2) is 7.74. The summed E-state index contributed by atoms with van der Waals surface area (Å²) in [6, 6.07) is 16.0. The van der Waals surface area contributed by atoms with E-state index < -0.39 is 24.0 Å². The standard InChI is InChI=1S/C20H20N2O4/c1-13-17(19(23)25-2)18(22-20(24)21-13)15-10-6-7-11-16(15)26-12-14-8-4-3-5-9-14/h3-11,17-18H,1,12H2,2H3,(H2,21,22,24). The molecule has 0 radical (unpaired) electrons. The summed E-state index contributed by atoms with van der Waals surface area (Å²) in [7, 11) is 1.31. The van der Waals surface area contributed by atoms with E-state index in [1.165, 1.54) is 7.11 Å². The number of para-hydroxylation sites is 1. The minimum Gasteiger partial charge on any atom is -0.489 e. The number of amides is 2. The van der Waals surface area contributed by atoms with Gasteiger partial charge in [-0.2, -0.15) is 0 Å². The van der Waals surface area contributed by atoms with Gasteiger partial charge >= 0.3 is 12.0 Å². The molecule has 1 saturated heterocycles. The lowest BCUT2D eigenvalue weighted by atomic mass is 9.88. The van der Waals surface area contributed by atoms with Gasteiger partial charge in [0.05, 0.1) is 13.2 Å². The van der Waals surface area contributed by atoms with Crippen molar-refractivity contribution in [1.82, 2.24) is 10.6 Å². The lowest BCUT2D eigenvalue weighted by Crippen LogP contribution is -2.51. The van der Waals surface area contributed by atoms with Crippen LogP contribution in [0.15, 0.2) is 66.9 Å². The van der Waals surface area contributed by atoms with Gasteiger partial charge in [0.25, 0.3) is 0 Å². The lowest BCUT2D eigenvalue weighted by molar-refractivity contribution is -0.145. The first-order chi connectivity index (χ1) is 12.6. The van der Waals surface area contributed by atoms with Crippen molar-refractivity contribution in [3.8, 4) is 5.75 Å². The van der Waals surface area contributed by atoms with Gasteiger partial charge in [-0.3, -0.25) is 4.79 Å². The summed E-state index contributed by atoms with van der Waals surface area (Å²) in [6.07, 6.45) is 0. The number of carbonyl (C=O) groups is 2. The Kier molecular flexibility index (Phi) is 5.22. The van der Waals surface area contributed by atoms with Crippen molar-refractivity contribution in [2.24, 2.45) is 5.92 Å². The third kappa shape index (κ3) is 3.69. The predicted molar refractivity (Wildman–Crippen MR) is 96.3 cm³/mol. The number of rotatable bonds is 5. The van der Waals surface area contributed by atoms with Crippen LogP contribution in [0.25, 0.3) is 0 Å². The Bertz CT molecular complexity index is 820. The minimum atomic E-state index is -0.751. The highest BCUT2D eigenvalue weighted by molar-refractivity contribution is 5.85. The van der Waals surface area contributed by atoms with Gasteiger partial charge in [0.1, 0.15) is 18.3 Å². The van der Waals surface area contributed by atoms with Gasteiger partial charge < -0.3 is 20.1 Å². The van der Waals surface area contributed by atoms with Crippen LogP contribution >= 0.6 is 0 Å². The van der Waals surface area contributed by atoms with E-state index in [4.69, 9.17) is 9.47 Å². The van der Waals surface area contributed by atoms with E-state index in [9.17, 15) is 9.59 Å². The van der Waals surface area contributed by atoms with E-state index in [1.807, 2.05) is 54.6 Å². The molecule has 2 aromatic rings. The van der Waals surface area contributed by atoms with E-state index in [0.29, 0.717) is 23.6 Å². The zero-order valence-corrected chi connectivity index (χ0v) is 14.4. The lowest BCUT2D eigenvalue weighted by Gasteiger charge is -2.33. The summed E-state index contributed by atoms with van der Waals surface area (Å²) in [5.41, 5.74) is 2.00. The van der Waals surface area contributed by atoms with Crippen LogP contribution in [0.1, 0.15) is 17.2 Å². The Morgan fingerprint density at radius 1 is 1.12 bits per heavy atom. The monoisotopic (exact) mass is 352 g/mol. The zero-order valence-electron chi connectivity index (χ0n) is 14.4. The number of urea groups is 1. The largest absolute Gasteiger partial charge is 0.489 e. The first kappa shape index (κ1) is 17.5. The normalized spacial score (nSPS) is 19.3. The molecule has 3 rings (SSSR count). The molecule has 2 amide bonds. The third-order valence-corrected chi connectivity index (χ3v) is 4.22. The van der Waals surface area contributed by atoms with E-state index in [-0.39, 0.29) is 0 Å². The molecule has 134 valence electrons. The van der Waals surface area contributed by atoms with Crippen molar-refractivity contribution < 1.29 is 19.1 Å². The molecule has 1 heterocycles. The second-order valence-electron chi connectivity index (χ2n) is 5.91. The first-order valence-electron chi connectivity index (χ1n) is 8.20. The smallest absolute Gasteiger partial charge is 0.319 e. The number of benzene rings is 2. The molecule has 0 aromatic heterocycles. The Hall–Kier alpha value is -3.28. The van der Waals surface area contributed by atoms with Crippen LogP contribution in [0.4, 0.5) is 4.79 Å². The maximum atomic E-state index is 12.2. The highest BCUT2D eigenvalue weighted by Crippen LogP contribution is 2.35. The summed E-state index contributed by atoms with van der Waals surface area (Å²) in [4.78, 5) is 24.2. The molecular weight excluding hydrogens is 332 g/mol. The van der Waals surface area contributed by atoms with Gasteiger partial charge in [0, 0.05) is 11.3 Å². The molecule has 1 aliphatic rings. The number of methoxy groups -OCH3 is 1. The van der Waals surface area contributed by atoms with Gasteiger partial charge in [-0.15, -0.1) is 0 Å². The number of carbonyl (C=O) groups excluding carboxylic acids is 2. The van der Waals surface area contributed by atoms with Crippen molar-refractivity contribution in [3.63, 3.8) is 0 Å². The summed E-state index contributed by atoms with van der Waals surface area (Å²) in [6.45, 7) is 4.18. The van der Waals surface area contributed by atoms with Crippen LogP contribution in [0.5, 0.6) is 5.75 Å². The molecule has 2 aromatic carbocycles. The van der Waals surface area contributed by atoms with E-state index in [1.54, 1.807) is 0 Å². The molecule has 0 aliphatic carbocycles. The second-order valence-corrected chi connectivity index (χ2v) is 5.91. The van der Waals surface area contributed by atoms with Crippen molar-refractivity contribution >= 4 is 12.0 Å². The highest BCUT2D eigenvalue weighted by atomic mass is 16.5. The van der Waals surface area contributed by atoms with Crippen LogP contribution in [-0.2, 0) is 16.1 Å². The Labute approximate surface area is 151 Å². The summed E-state index contributed by atoms with van der Waals surface area (Å²) >= 11 is 0. The molecule has 0 spiro atoms. The van der Waals surface area contributed by atoms with Crippen molar-refractivity contribution in [2.75, 3.05) is 7.11 Å². The number of hydrogen-bond acceptors (Lipinski definition) is 4. The molecular formula is C20H20N2O4. The van der Waals surface area contributed by atoms with Gasteiger partial charge in [-0.05, 0) is 11.6 Å². The van der Waals surface area contributed by atoms with Crippen LogP contribution in [-0.4, -0.2) is 19.1 Å². The molecule has 0 saturated carbocycles. The first-order valence-corrected chi connectivity index (χ1v) is 8.20. The average molecular weight is 352 g/mol. The van der Waals surface area contributed by atoms with Crippen LogP contribution in [0.2, 0.25) is 0 Å². The molecule has 0 bridgehead atoms. The maximum Gasteiger partial charge on any atom is 0.319 e. The molecule has 2 N–H and O–H groups in total. The van der Waals surface area contributed by atoms with Crippen LogP contribution in [0, 0.1) is 5.92 Å². The maximum absolute atomic E-state index is 12.2. The summed E-state index contributed by atoms with van der Waals surface area (Å²) < 4.78 is 10.8. The SMILES string of the molecule is C=C1NC(=O)NC(c2ccccc2OCc2ccccc2)C1C(=O)OC. The topological polar surface area (TPSA) is 76.7 Å². The van der Waals surface area contributed by atoms with E-state index in [0.717, 1.165) is 5.56 Å². The molecule has 1 aliphatic heterocycles. The molecule has 2 unspecified atom stereocenters. The van der Waals surface area contributed by atoms with Gasteiger partial charge in [-0.25, -0.2) is 4.79 Å². The summed E-state index contributed by atoms with van der Waals surface area (Å²) in [5.74, 6) is -0.644. The fraction of sp³-hybridized carbons (Fsp3) is 0.200. The Morgan fingerprint density at radius 2 is 1.81 bits per heavy atom. The number of nitrogens with one attached hydrogen (secondary N) is 2. The van der Waals surface area contributed by atoms with E-state index in [2.05, 4.69) is 17.2 Å². The van der Waals surface area contributed by atoms with E-state index >= 15 is 0 Å². The number of esters is 1. The third-order valence-electron chi connectivity index (χ3n) is 4.22. The fourth-order valence-electron chi connectivity index (χ4n) is 2.95. The minimum absolute atomic E-state index is 0.295. The number of ether oxygens (including phenoxy) is 2. The van der Waals surface area contributed by atoms with Crippen molar-refractivity contribution in [3.05, 3.63) is 78.0 Å². The molecule has 26 heavy (non-hydrogen) atoms. The van der Waals surface area contributed by atoms with Crippen molar-refractivity contribution in [2.45, 2.75) is 12.6 Å². The Balaban J connectivity index is 1.90. The zero-order chi connectivity index (χ0) is 18.5. The number of hydrogen-bond donors (Lipinski definition) is 2. The van der Waals surface area contributed by atoms with Gasteiger partial charge in [0.2, 0.25) is 0 Å². The van der Waals surface area contributed by atoms with Crippen molar-refractivity contribution in [1.29, 1.82) is 0 Å². The molecule has 6 nitrogen and oxygen atoms in total. The average Bonchev–Trinajstić information content (AvgIpc) is 2.66. The fourth-order valence-corrected chi connectivity index (χ4v) is 2.95. The molecule has 2 atom stereocenters. The van der Waals surface area contributed by atoms with Gasteiger partial charge in [-0.1, -0.05) is 55.1 Å². The molecule has 6 heteroatoms. The summed E-state index contributed by atoms with van der Waals surface area (Å²) in [5, 5.41) is 5.31. The quantitative estimate of drug-likeness (QED) is 0.811. The van der Waals surface area contributed by atoms with Crippen LogP contribution in [0.3, 0.4) is 0 Å². The highest BCUT2D eigenvalue weighted by Gasteiger charge is 2.39.